The van der Waals surface area contributed by atoms with E-state index >= 15 is 0 Å². The molecule has 1 aromatic carbocycles. The van der Waals surface area contributed by atoms with Crippen molar-refractivity contribution in [3.05, 3.63) is 54.4 Å². The van der Waals surface area contributed by atoms with E-state index in [0.29, 0.717) is 18.7 Å². The van der Waals surface area contributed by atoms with Crippen LogP contribution in [0.25, 0.3) is 16.9 Å². The van der Waals surface area contributed by atoms with Crippen molar-refractivity contribution in [1.29, 1.82) is 0 Å². The Bertz CT molecular complexity index is 841. The number of aryl methyl sites for hydroxylation is 1. The summed E-state index contributed by atoms with van der Waals surface area (Å²) in [6, 6.07) is 13.4. The highest BCUT2D eigenvalue weighted by molar-refractivity contribution is 5.64. The van der Waals surface area contributed by atoms with Crippen molar-refractivity contribution < 1.29 is 4.74 Å². The van der Waals surface area contributed by atoms with E-state index < -0.39 is 0 Å². The number of imidazole rings is 1. The lowest BCUT2D eigenvalue weighted by Gasteiger charge is -2.30. The molecule has 0 bridgehead atoms. The Kier molecular flexibility index (Phi) is 5.62. The van der Waals surface area contributed by atoms with E-state index in [4.69, 9.17) is 9.72 Å². The van der Waals surface area contributed by atoms with Crippen LogP contribution in [0.2, 0.25) is 0 Å². The van der Waals surface area contributed by atoms with Crippen molar-refractivity contribution in [3.63, 3.8) is 0 Å². The highest BCUT2D eigenvalue weighted by Gasteiger charge is 2.13. The number of aromatic nitrogens is 2. The summed E-state index contributed by atoms with van der Waals surface area (Å²) in [5.74, 6) is 0.904. The molecule has 3 aromatic rings. The summed E-state index contributed by atoms with van der Waals surface area (Å²) in [7, 11) is 0. The molecule has 0 N–H and O–H groups in total. The standard InChI is InChI=1S/C22H29N3O/c1-16(2)25(17(3)4)13-14-26-20-10-8-19(9-11-20)21-15-24-12-6-7-18(5)22(24)23-21/h6-12,15-17H,13-14H2,1-5H3. The summed E-state index contributed by atoms with van der Waals surface area (Å²) in [5.41, 5.74) is 4.27. The Morgan fingerprint density at radius 2 is 1.73 bits per heavy atom. The largest absolute Gasteiger partial charge is 0.492 e. The molecule has 0 aliphatic heterocycles. The normalized spacial score (nSPS) is 11.8. The zero-order valence-corrected chi connectivity index (χ0v) is 16.4. The third-order valence-electron chi connectivity index (χ3n) is 4.77. The van der Waals surface area contributed by atoms with Gasteiger partial charge in [-0.15, -0.1) is 0 Å². The Labute approximate surface area is 156 Å². The Morgan fingerprint density at radius 1 is 1.04 bits per heavy atom. The van der Waals surface area contributed by atoms with Gasteiger partial charge in [0.05, 0.1) is 5.69 Å². The molecule has 2 aromatic heterocycles. The Hall–Kier alpha value is -2.33. The molecule has 0 amide bonds. The molecule has 4 nitrogen and oxygen atoms in total. The summed E-state index contributed by atoms with van der Waals surface area (Å²) >= 11 is 0. The average Bonchev–Trinajstić information content (AvgIpc) is 3.04. The first kappa shape index (κ1) is 18.5. The second kappa shape index (κ2) is 7.92. The van der Waals surface area contributed by atoms with Crippen LogP contribution in [0.4, 0.5) is 0 Å². The summed E-state index contributed by atoms with van der Waals surface area (Å²) in [4.78, 5) is 7.19. The third kappa shape index (κ3) is 4.07. The molecule has 3 rings (SSSR count). The molecule has 0 aliphatic rings. The molecular weight excluding hydrogens is 322 g/mol. The zero-order chi connectivity index (χ0) is 18.7. The molecule has 0 saturated carbocycles. The van der Waals surface area contributed by atoms with Gasteiger partial charge in [0.25, 0.3) is 0 Å². The van der Waals surface area contributed by atoms with Gasteiger partial charge in [0, 0.05) is 36.6 Å². The van der Waals surface area contributed by atoms with Gasteiger partial charge in [0.15, 0.2) is 0 Å². The van der Waals surface area contributed by atoms with Crippen molar-refractivity contribution in [2.45, 2.75) is 46.7 Å². The van der Waals surface area contributed by atoms with Gasteiger partial charge in [0.2, 0.25) is 0 Å². The number of rotatable bonds is 7. The Morgan fingerprint density at radius 3 is 2.35 bits per heavy atom. The first-order valence-electron chi connectivity index (χ1n) is 9.39. The quantitative estimate of drug-likeness (QED) is 0.612. The fourth-order valence-corrected chi connectivity index (χ4v) is 3.40. The Balaban J connectivity index is 1.65. The van der Waals surface area contributed by atoms with Gasteiger partial charge in [-0.1, -0.05) is 6.07 Å². The first-order chi connectivity index (χ1) is 12.5. The number of nitrogens with zero attached hydrogens (tertiary/aromatic N) is 3. The van der Waals surface area contributed by atoms with Gasteiger partial charge < -0.3 is 9.14 Å². The van der Waals surface area contributed by atoms with Crippen molar-refractivity contribution in [2.24, 2.45) is 0 Å². The molecule has 0 unspecified atom stereocenters. The van der Waals surface area contributed by atoms with Crippen LogP contribution >= 0.6 is 0 Å². The van der Waals surface area contributed by atoms with E-state index in [2.05, 4.69) is 68.3 Å². The van der Waals surface area contributed by atoms with Crippen molar-refractivity contribution in [2.75, 3.05) is 13.2 Å². The maximum Gasteiger partial charge on any atom is 0.140 e. The minimum atomic E-state index is 0.527. The SMILES string of the molecule is Cc1cccn2cc(-c3ccc(OCCN(C(C)C)C(C)C)cc3)nc12. The number of hydrogen-bond donors (Lipinski definition) is 0. The topological polar surface area (TPSA) is 29.8 Å². The maximum atomic E-state index is 5.94. The van der Waals surface area contributed by atoms with Crippen LogP contribution in [0.3, 0.4) is 0 Å². The molecular formula is C22H29N3O. The lowest BCUT2D eigenvalue weighted by molar-refractivity contribution is 0.142. The average molecular weight is 351 g/mol. The summed E-state index contributed by atoms with van der Waals surface area (Å²) < 4.78 is 8.01. The van der Waals surface area contributed by atoms with E-state index in [1.54, 1.807) is 0 Å². The first-order valence-corrected chi connectivity index (χ1v) is 9.39. The molecule has 0 atom stereocenters. The van der Waals surface area contributed by atoms with Crippen LogP contribution in [0.5, 0.6) is 5.75 Å². The number of benzene rings is 1. The van der Waals surface area contributed by atoms with Crippen LogP contribution < -0.4 is 4.74 Å². The predicted octanol–water partition coefficient (Wildman–Crippen LogP) is 4.81. The van der Waals surface area contributed by atoms with Crippen LogP contribution in [-0.2, 0) is 0 Å². The minimum Gasteiger partial charge on any atom is -0.492 e. The van der Waals surface area contributed by atoms with Gasteiger partial charge in [-0.3, -0.25) is 4.90 Å². The van der Waals surface area contributed by atoms with E-state index in [9.17, 15) is 0 Å². The van der Waals surface area contributed by atoms with Gasteiger partial charge >= 0.3 is 0 Å². The molecule has 0 spiro atoms. The molecule has 4 heteroatoms. The summed E-state index contributed by atoms with van der Waals surface area (Å²) in [5, 5.41) is 0. The molecule has 26 heavy (non-hydrogen) atoms. The smallest absolute Gasteiger partial charge is 0.140 e. The van der Waals surface area contributed by atoms with Crippen molar-refractivity contribution in [3.8, 4) is 17.0 Å². The second-order valence-corrected chi connectivity index (χ2v) is 7.35. The fraction of sp³-hybridized carbons (Fsp3) is 0.409. The van der Waals surface area contributed by atoms with Gasteiger partial charge in [-0.25, -0.2) is 4.98 Å². The summed E-state index contributed by atoms with van der Waals surface area (Å²) in [6.07, 6.45) is 4.10. The van der Waals surface area contributed by atoms with Crippen LogP contribution in [-0.4, -0.2) is 39.5 Å². The van der Waals surface area contributed by atoms with E-state index in [0.717, 1.165) is 29.2 Å². The van der Waals surface area contributed by atoms with Gasteiger partial charge in [-0.2, -0.15) is 0 Å². The number of hydrogen-bond acceptors (Lipinski definition) is 3. The predicted molar refractivity (Wildman–Crippen MR) is 108 cm³/mol. The van der Waals surface area contributed by atoms with Gasteiger partial charge in [-0.05, 0) is 70.5 Å². The molecule has 2 heterocycles. The summed E-state index contributed by atoms with van der Waals surface area (Å²) in [6.45, 7) is 12.6. The highest BCUT2D eigenvalue weighted by Crippen LogP contribution is 2.23. The van der Waals surface area contributed by atoms with Crippen LogP contribution in [0.15, 0.2) is 48.8 Å². The molecule has 138 valence electrons. The number of fused-ring (bicyclic) bond motifs is 1. The lowest BCUT2D eigenvalue weighted by atomic mass is 10.1. The lowest BCUT2D eigenvalue weighted by Crippen LogP contribution is -2.39. The van der Waals surface area contributed by atoms with E-state index in [1.165, 1.54) is 5.56 Å². The van der Waals surface area contributed by atoms with Crippen molar-refractivity contribution in [1.82, 2.24) is 14.3 Å². The van der Waals surface area contributed by atoms with Crippen molar-refractivity contribution >= 4 is 5.65 Å². The monoisotopic (exact) mass is 351 g/mol. The second-order valence-electron chi connectivity index (χ2n) is 7.35. The highest BCUT2D eigenvalue weighted by atomic mass is 16.5. The minimum absolute atomic E-state index is 0.527. The van der Waals surface area contributed by atoms with E-state index in [-0.39, 0.29) is 0 Å². The number of pyridine rings is 1. The molecule has 0 radical (unpaired) electrons. The molecule has 0 saturated heterocycles. The number of ether oxygens (including phenoxy) is 1. The zero-order valence-electron chi connectivity index (χ0n) is 16.4. The maximum absolute atomic E-state index is 5.94. The van der Waals surface area contributed by atoms with Crippen LogP contribution in [0, 0.1) is 6.92 Å². The third-order valence-corrected chi connectivity index (χ3v) is 4.77. The van der Waals surface area contributed by atoms with Gasteiger partial charge in [0.1, 0.15) is 18.0 Å². The molecule has 0 aliphatic carbocycles. The molecule has 0 fully saturated rings. The fourth-order valence-electron chi connectivity index (χ4n) is 3.40. The van der Waals surface area contributed by atoms with Crippen LogP contribution in [0.1, 0.15) is 33.3 Å². The van der Waals surface area contributed by atoms with E-state index in [1.807, 2.05) is 24.4 Å².